The van der Waals surface area contributed by atoms with Crippen LogP contribution in [-0.2, 0) is 28.6 Å². The minimum absolute atomic E-state index is 0.0684. The topological polar surface area (TPSA) is 78.9 Å². The summed E-state index contributed by atoms with van der Waals surface area (Å²) < 4.78 is 17.0. The molecular weight excluding hydrogens is 949 g/mol. The maximum atomic E-state index is 12.9. The molecule has 6 heteroatoms. The Morgan fingerprint density at radius 1 is 0.260 bits per heavy atom. The highest BCUT2D eigenvalue weighted by Gasteiger charge is 2.19. The number of carbonyl (C=O) groups excluding carboxylic acids is 3. The second kappa shape index (κ2) is 66.1. The highest BCUT2D eigenvalue weighted by Crippen LogP contribution is 2.18. The van der Waals surface area contributed by atoms with Gasteiger partial charge in [-0.05, 0) is 57.8 Å². The maximum Gasteiger partial charge on any atom is 0.306 e. The first kappa shape index (κ1) is 74.6. The molecule has 0 aliphatic rings. The molecule has 0 aliphatic heterocycles. The summed E-state index contributed by atoms with van der Waals surface area (Å²) in [5.74, 6) is -0.845. The van der Waals surface area contributed by atoms with Gasteiger partial charge in [-0.3, -0.25) is 14.4 Å². The molecule has 0 rings (SSSR count). The molecular formula is C71H132O6. The van der Waals surface area contributed by atoms with E-state index >= 15 is 0 Å². The van der Waals surface area contributed by atoms with Gasteiger partial charge in [-0.15, -0.1) is 0 Å². The molecule has 0 aromatic rings. The van der Waals surface area contributed by atoms with Crippen molar-refractivity contribution in [1.29, 1.82) is 0 Å². The lowest BCUT2D eigenvalue weighted by molar-refractivity contribution is -0.167. The molecule has 0 saturated carbocycles. The van der Waals surface area contributed by atoms with Gasteiger partial charge in [0.1, 0.15) is 13.2 Å². The summed E-state index contributed by atoms with van der Waals surface area (Å²) in [7, 11) is 0. The molecule has 0 fully saturated rings. The monoisotopic (exact) mass is 1080 g/mol. The predicted octanol–water partition coefficient (Wildman–Crippen LogP) is 23.6. The van der Waals surface area contributed by atoms with E-state index in [0.717, 1.165) is 77.0 Å². The SMILES string of the molecule is CCCCCCC/C=C\C/C=C\C/C=C\CCCCCCCCCCC(=O)OCC(COC(=O)CCCCCCCCCCCCCCCCCCC)OC(=O)CCCCCCCCCCCCCCCCCCCCC. The summed E-state index contributed by atoms with van der Waals surface area (Å²) in [6, 6.07) is 0. The molecule has 0 bridgehead atoms. The van der Waals surface area contributed by atoms with Gasteiger partial charge in [0.05, 0.1) is 0 Å². The van der Waals surface area contributed by atoms with Crippen LogP contribution in [0.3, 0.4) is 0 Å². The molecule has 0 aliphatic carbocycles. The fraction of sp³-hybridized carbons (Fsp3) is 0.873. The number of ether oxygens (including phenoxy) is 3. The third kappa shape index (κ3) is 64.3. The summed E-state index contributed by atoms with van der Waals surface area (Å²) >= 11 is 0. The fourth-order valence-corrected chi connectivity index (χ4v) is 10.5. The first-order chi connectivity index (χ1) is 38.0. The summed E-state index contributed by atoms with van der Waals surface area (Å²) in [6.07, 6.45) is 81.5. The number of rotatable bonds is 64. The van der Waals surface area contributed by atoms with Crippen LogP contribution < -0.4 is 0 Å². The first-order valence-electron chi connectivity index (χ1n) is 34.5. The number of allylic oxidation sites excluding steroid dienone is 6. The van der Waals surface area contributed by atoms with Gasteiger partial charge in [-0.2, -0.15) is 0 Å². The standard InChI is InChI=1S/C71H132O6/c1-4-7-10-13-16-19-22-25-28-31-33-34-35-36-38-40-43-46-49-52-55-58-61-64-70(73)76-67-68(66-75-69(72)63-60-57-54-51-48-45-42-39-30-27-24-21-18-15-12-9-6-3)77-71(74)65-62-59-56-53-50-47-44-41-37-32-29-26-23-20-17-14-11-8-5-2/h22,25,31,33,35-36,68H,4-21,23-24,26-30,32,34,37-67H2,1-3H3/b25-22-,33-31-,36-35-. The number of hydrogen-bond donors (Lipinski definition) is 0. The number of unbranched alkanes of at least 4 members (excludes halogenated alkanes) is 47. The van der Waals surface area contributed by atoms with Crippen molar-refractivity contribution in [3.8, 4) is 0 Å². The van der Waals surface area contributed by atoms with Gasteiger partial charge in [0.15, 0.2) is 6.10 Å². The zero-order valence-corrected chi connectivity index (χ0v) is 52.0. The molecule has 0 aromatic heterocycles. The van der Waals surface area contributed by atoms with Crippen LogP contribution in [0.15, 0.2) is 36.5 Å². The second-order valence-corrected chi connectivity index (χ2v) is 23.5. The van der Waals surface area contributed by atoms with Gasteiger partial charge in [-0.1, -0.05) is 340 Å². The molecule has 452 valence electrons. The van der Waals surface area contributed by atoms with Gasteiger partial charge in [0.25, 0.3) is 0 Å². The van der Waals surface area contributed by atoms with Crippen LogP contribution in [-0.4, -0.2) is 37.2 Å². The van der Waals surface area contributed by atoms with Gasteiger partial charge < -0.3 is 14.2 Å². The van der Waals surface area contributed by atoms with Crippen molar-refractivity contribution in [3.63, 3.8) is 0 Å². The zero-order chi connectivity index (χ0) is 55.7. The number of carbonyl (C=O) groups is 3. The van der Waals surface area contributed by atoms with Crippen LogP contribution in [0.2, 0.25) is 0 Å². The maximum absolute atomic E-state index is 12.9. The van der Waals surface area contributed by atoms with E-state index in [0.29, 0.717) is 19.3 Å². The summed E-state index contributed by atoms with van der Waals surface area (Å²) in [5, 5.41) is 0. The fourth-order valence-electron chi connectivity index (χ4n) is 10.5. The third-order valence-corrected chi connectivity index (χ3v) is 15.6. The van der Waals surface area contributed by atoms with E-state index in [-0.39, 0.29) is 31.1 Å². The summed E-state index contributed by atoms with van der Waals surface area (Å²) in [5.41, 5.74) is 0. The van der Waals surface area contributed by atoms with E-state index in [4.69, 9.17) is 14.2 Å². The molecule has 0 aromatic carbocycles. The Balaban J connectivity index is 4.32. The molecule has 77 heavy (non-hydrogen) atoms. The number of hydrogen-bond acceptors (Lipinski definition) is 6. The van der Waals surface area contributed by atoms with Crippen LogP contribution in [0.1, 0.15) is 380 Å². The average molecular weight is 1080 g/mol. The first-order valence-corrected chi connectivity index (χ1v) is 34.5. The molecule has 0 radical (unpaired) electrons. The van der Waals surface area contributed by atoms with E-state index in [9.17, 15) is 14.4 Å². The molecule has 0 heterocycles. The normalized spacial score (nSPS) is 12.2. The van der Waals surface area contributed by atoms with Crippen molar-refractivity contribution >= 4 is 17.9 Å². The Hall–Kier alpha value is -2.37. The highest BCUT2D eigenvalue weighted by atomic mass is 16.6. The van der Waals surface area contributed by atoms with Crippen LogP contribution in [0, 0.1) is 0 Å². The van der Waals surface area contributed by atoms with Crippen molar-refractivity contribution in [2.75, 3.05) is 13.2 Å². The molecule has 6 nitrogen and oxygen atoms in total. The number of esters is 3. The van der Waals surface area contributed by atoms with Crippen molar-refractivity contribution in [1.82, 2.24) is 0 Å². The molecule has 1 atom stereocenters. The van der Waals surface area contributed by atoms with Gasteiger partial charge >= 0.3 is 17.9 Å². The van der Waals surface area contributed by atoms with E-state index < -0.39 is 6.10 Å². The van der Waals surface area contributed by atoms with Crippen molar-refractivity contribution < 1.29 is 28.6 Å². The van der Waals surface area contributed by atoms with Crippen molar-refractivity contribution in [2.24, 2.45) is 0 Å². The Morgan fingerprint density at radius 3 is 0.727 bits per heavy atom. The lowest BCUT2D eigenvalue weighted by atomic mass is 10.0. The van der Waals surface area contributed by atoms with Crippen LogP contribution in [0.25, 0.3) is 0 Å². The van der Waals surface area contributed by atoms with Crippen molar-refractivity contribution in [2.45, 2.75) is 386 Å². The molecule has 1 unspecified atom stereocenters. The van der Waals surface area contributed by atoms with Gasteiger partial charge in [0, 0.05) is 19.3 Å². The molecule has 0 amide bonds. The lowest BCUT2D eigenvalue weighted by Crippen LogP contribution is -2.30. The van der Waals surface area contributed by atoms with E-state index in [1.54, 1.807) is 0 Å². The predicted molar refractivity (Wildman–Crippen MR) is 335 cm³/mol. The summed E-state index contributed by atoms with van der Waals surface area (Å²) in [6.45, 7) is 6.70. The third-order valence-electron chi connectivity index (χ3n) is 15.6. The Morgan fingerprint density at radius 2 is 0.468 bits per heavy atom. The quantitative estimate of drug-likeness (QED) is 0.0261. The minimum Gasteiger partial charge on any atom is -0.462 e. The smallest absolute Gasteiger partial charge is 0.306 e. The van der Waals surface area contributed by atoms with Gasteiger partial charge in [0.2, 0.25) is 0 Å². The summed E-state index contributed by atoms with van der Waals surface area (Å²) in [4.78, 5) is 38.4. The van der Waals surface area contributed by atoms with Crippen LogP contribution in [0.5, 0.6) is 0 Å². The largest absolute Gasteiger partial charge is 0.462 e. The van der Waals surface area contributed by atoms with E-state index in [1.807, 2.05) is 0 Å². The highest BCUT2D eigenvalue weighted by molar-refractivity contribution is 5.71. The van der Waals surface area contributed by atoms with E-state index in [2.05, 4.69) is 57.2 Å². The van der Waals surface area contributed by atoms with Gasteiger partial charge in [-0.25, -0.2) is 0 Å². The molecule has 0 saturated heterocycles. The second-order valence-electron chi connectivity index (χ2n) is 23.5. The Bertz CT molecular complexity index is 1290. The Labute approximate surface area is 480 Å². The van der Waals surface area contributed by atoms with Crippen LogP contribution in [0.4, 0.5) is 0 Å². The molecule has 0 spiro atoms. The zero-order valence-electron chi connectivity index (χ0n) is 52.0. The Kier molecular flexibility index (Phi) is 64.1. The lowest BCUT2D eigenvalue weighted by Gasteiger charge is -2.18. The molecule has 0 N–H and O–H groups in total. The van der Waals surface area contributed by atoms with Crippen LogP contribution >= 0.6 is 0 Å². The van der Waals surface area contributed by atoms with Crippen molar-refractivity contribution in [3.05, 3.63) is 36.5 Å². The van der Waals surface area contributed by atoms with E-state index in [1.165, 1.54) is 263 Å². The average Bonchev–Trinajstić information content (AvgIpc) is 3.43. The minimum atomic E-state index is -0.773.